The van der Waals surface area contributed by atoms with E-state index in [1.54, 1.807) is 11.2 Å². The molecule has 0 aromatic rings. The molecule has 0 saturated carbocycles. The van der Waals surface area contributed by atoms with Crippen LogP contribution >= 0.6 is 0 Å². The molecular formula is C12H21N3O2S. The van der Waals surface area contributed by atoms with Gasteiger partial charge < -0.3 is 5.32 Å². The monoisotopic (exact) mass is 271 g/mol. The Morgan fingerprint density at radius 2 is 2.22 bits per heavy atom. The number of nitrogens with zero attached hydrogens (tertiary/aromatic N) is 2. The summed E-state index contributed by atoms with van der Waals surface area (Å²) >= 11 is 0. The maximum absolute atomic E-state index is 12.4. The van der Waals surface area contributed by atoms with Crippen LogP contribution in [0.1, 0.15) is 39.0 Å². The average molecular weight is 271 g/mol. The van der Waals surface area contributed by atoms with Gasteiger partial charge in [0.15, 0.2) is 5.25 Å². The molecule has 3 atom stereocenters. The van der Waals surface area contributed by atoms with E-state index < -0.39 is 15.3 Å². The van der Waals surface area contributed by atoms with Gasteiger partial charge in [-0.1, -0.05) is 6.92 Å². The Hall–Kier alpha value is -0.640. The highest BCUT2D eigenvalue weighted by Gasteiger charge is 2.42. The molecule has 0 aliphatic carbocycles. The molecule has 0 aromatic carbocycles. The second-order valence-corrected chi connectivity index (χ2v) is 7.16. The van der Waals surface area contributed by atoms with Crippen LogP contribution in [0.25, 0.3) is 0 Å². The van der Waals surface area contributed by atoms with E-state index in [4.69, 9.17) is 5.26 Å². The average Bonchev–Trinajstić information content (AvgIpc) is 3.01. The van der Waals surface area contributed by atoms with Gasteiger partial charge in [0.1, 0.15) is 0 Å². The van der Waals surface area contributed by atoms with Crippen molar-refractivity contribution in [1.82, 2.24) is 9.62 Å². The minimum Gasteiger partial charge on any atom is -0.312 e. The van der Waals surface area contributed by atoms with E-state index in [-0.39, 0.29) is 12.1 Å². The van der Waals surface area contributed by atoms with E-state index >= 15 is 0 Å². The zero-order valence-corrected chi connectivity index (χ0v) is 11.6. The van der Waals surface area contributed by atoms with Crippen LogP contribution in [0.4, 0.5) is 0 Å². The summed E-state index contributed by atoms with van der Waals surface area (Å²) in [6.07, 6.45) is 4.34. The minimum atomic E-state index is -3.46. The Labute approximate surface area is 109 Å². The summed E-state index contributed by atoms with van der Waals surface area (Å²) in [7, 11) is -3.46. The Morgan fingerprint density at radius 1 is 1.44 bits per heavy atom. The predicted octanol–water partition coefficient (Wildman–Crippen LogP) is 0.835. The molecule has 1 N–H and O–H groups in total. The molecule has 2 heterocycles. The number of hydrogen-bond donors (Lipinski definition) is 1. The standard InChI is InChI=1S/C12H21N3O2S/c1-2-10(9-13)18(16,17)15-8-4-6-12(15)11-5-3-7-14-11/h10-12,14H,2-8H2,1H3. The molecule has 102 valence electrons. The fourth-order valence-electron chi connectivity index (χ4n) is 3.06. The summed E-state index contributed by atoms with van der Waals surface area (Å²) in [5.41, 5.74) is 0. The van der Waals surface area contributed by atoms with Crippen molar-refractivity contribution in [3.05, 3.63) is 0 Å². The molecule has 2 fully saturated rings. The van der Waals surface area contributed by atoms with Crippen LogP contribution < -0.4 is 5.32 Å². The van der Waals surface area contributed by atoms with Crippen LogP contribution in [0.15, 0.2) is 0 Å². The summed E-state index contributed by atoms with van der Waals surface area (Å²) in [4.78, 5) is 0. The lowest BCUT2D eigenvalue weighted by atomic mass is 10.1. The van der Waals surface area contributed by atoms with Crippen molar-refractivity contribution in [1.29, 1.82) is 5.26 Å². The van der Waals surface area contributed by atoms with Crippen LogP contribution in [0.2, 0.25) is 0 Å². The first-order chi connectivity index (χ1) is 8.61. The first-order valence-electron chi connectivity index (χ1n) is 6.75. The van der Waals surface area contributed by atoms with E-state index in [2.05, 4.69) is 5.32 Å². The van der Waals surface area contributed by atoms with Gasteiger partial charge in [0.2, 0.25) is 10.0 Å². The maximum atomic E-state index is 12.4. The van der Waals surface area contributed by atoms with Gasteiger partial charge in [0.25, 0.3) is 0 Å². The fraction of sp³-hybridized carbons (Fsp3) is 0.917. The van der Waals surface area contributed by atoms with Gasteiger partial charge in [-0.25, -0.2) is 8.42 Å². The molecule has 0 bridgehead atoms. The molecule has 18 heavy (non-hydrogen) atoms. The highest BCUT2D eigenvalue weighted by molar-refractivity contribution is 7.90. The first kappa shape index (κ1) is 13.8. The largest absolute Gasteiger partial charge is 0.312 e. The summed E-state index contributed by atoms with van der Waals surface area (Å²) in [6, 6.07) is 2.26. The molecule has 2 aliphatic heterocycles. The van der Waals surface area contributed by atoms with Crippen molar-refractivity contribution in [3.63, 3.8) is 0 Å². The molecule has 5 nitrogen and oxygen atoms in total. The predicted molar refractivity (Wildman–Crippen MR) is 69.4 cm³/mol. The summed E-state index contributed by atoms with van der Waals surface area (Å²) in [6.45, 7) is 3.30. The van der Waals surface area contributed by atoms with Gasteiger partial charge in [-0.3, -0.25) is 0 Å². The Kier molecular flexibility index (Phi) is 4.25. The molecule has 2 aliphatic rings. The molecule has 2 saturated heterocycles. The number of rotatable bonds is 4. The van der Waals surface area contributed by atoms with E-state index in [1.807, 2.05) is 6.07 Å². The van der Waals surface area contributed by atoms with Gasteiger partial charge in [0, 0.05) is 18.6 Å². The highest BCUT2D eigenvalue weighted by atomic mass is 32.2. The van der Waals surface area contributed by atoms with Crippen molar-refractivity contribution in [3.8, 4) is 6.07 Å². The van der Waals surface area contributed by atoms with Crippen LogP contribution in [-0.4, -0.2) is 43.1 Å². The van der Waals surface area contributed by atoms with Gasteiger partial charge in [-0.15, -0.1) is 0 Å². The van der Waals surface area contributed by atoms with Crippen LogP contribution in [0, 0.1) is 11.3 Å². The number of nitriles is 1. The highest BCUT2D eigenvalue weighted by Crippen LogP contribution is 2.29. The number of sulfonamides is 1. The van der Waals surface area contributed by atoms with Crippen LogP contribution in [-0.2, 0) is 10.0 Å². The van der Waals surface area contributed by atoms with Crippen molar-refractivity contribution in [2.75, 3.05) is 13.1 Å². The van der Waals surface area contributed by atoms with Crippen molar-refractivity contribution >= 4 is 10.0 Å². The summed E-state index contributed by atoms with van der Waals surface area (Å²) in [5.74, 6) is 0. The Balaban J connectivity index is 2.18. The Morgan fingerprint density at radius 3 is 2.78 bits per heavy atom. The SMILES string of the molecule is CCC(C#N)S(=O)(=O)N1CCCC1C1CCCN1. The lowest BCUT2D eigenvalue weighted by Gasteiger charge is -2.30. The van der Waals surface area contributed by atoms with E-state index in [9.17, 15) is 8.42 Å². The third-order valence-electron chi connectivity index (χ3n) is 4.01. The second-order valence-electron chi connectivity index (χ2n) is 5.09. The zero-order valence-electron chi connectivity index (χ0n) is 10.8. The van der Waals surface area contributed by atoms with E-state index in [1.165, 1.54) is 0 Å². The normalized spacial score (nSPS) is 31.3. The lowest BCUT2D eigenvalue weighted by Crippen LogP contribution is -2.49. The van der Waals surface area contributed by atoms with E-state index in [0.29, 0.717) is 13.0 Å². The maximum Gasteiger partial charge on any atom is 0.230 e. The first-order valence-corrected chi connectivity index (χ1v) is 8.25. The van der Waals surface area contributed by atoms with Crippen molar-refractivity contribution in [2.45, 2.75) is 56.4 Å². The third kappa shape index (κ3) is 2.40. The lowest BCUT2D eigenvalue weighted by molar-refractivity contribution is 0.320. The molecule has 0 aromatic heterocycles. The zero-order chi connectivity index (χ0) is 13.2. The molecule has 2 rings (SSSR count). The Bertz CT molecular complexity index is 423. The molecule has 0 spiro atoms. The fourth-order valence-corrected chi connectivity index (χ4v) is 4.95. The van der Waals surface area contributed by atoms with Gasteiger partial charge in [0.05, 0.1) is 6.07 Å². The van der Waals surface area contributed by atoms with Crippen LogP contribution in [0.3, 0.4) is 0 Å². The van der Waals surface area contributed by atoms with Crippen molar-refractivity contribution < 1.29 is 8.42 Å². The number of nitrogens with one attached hydrogen (secondary N) is 1. The molecule has 3 unspecified atom stereocenters. The van der Waals surface area contributed by atoms with Crippen molar-refractivity contribution in [2.24, 2.45) is 0 Å². The van der Waals surface area contributed by atoms with Crippen LogP contribution in [0.5, 0.6) is 0 Å². The molecule has 6 heteroatoms. The van der Waals surface area contributed by atoms with Gasteiger partial charge >= 0.3 is 0 Å². The minimum absolute atomic E-state index is 0.0555. The molecule has 0 radical (unpaired) electrons. The molecule has 0 amide bonds. The van der Waals surface area contributed by atoms with Gasteiger partial charge in [-0.05, 0) is 38.6 Å². The topological polar surface area (TPSA) is 73.2 Å². The third-order valence-corrected chi connectivity index (χ3v) is 6.28. The number of hydrogen-bond acceptors (Lipinski definition) is 4. The quantitative estimate of drug-likeness (QED) is 0.822. The smallest absolute Gasteiger partial charge is 0.230 e. The van der Waals surface area contributed by atoms with E-state index in [0.717, 1.165) is 32.2 Å². The summed E-state index contributed by atoms with van der Waals surface area (Å²) in [5, 5.41) is 11.5. The second kappa shape index (κ2) is 5.55. The molecular weight excluding hydrogens is 250 g/mol. The summed E-state index contributed by atoms with van der Waals surface area (Å²) < 4.78 is 26.5. The van der Waals surface area contributed by atoms with Gasteiger partial charge in [-0.2, -0.15) is 9.57 Å².